The zero-order valence-corrected chi connectivity index (χ0v) is 12.5. The number of hydrogen-bond acceptors (Lipinski definition) is 3. The van der Waals surface area contributed by atoms with Crippen LogP contribution in [0.15, 0.2) is 24.4 Å². The number of nitrogens with zero attached hydrogens (tertiary/aromatic N) is 1. The standard InChI is InChI=1S/C13H14Cl2N2S/c1-8(2)16-6-10-7-17-13(18-10)11-5-9(14)3-4-12(11)15/h3-5,7-8,16H,6H2,1-2H3. The van der Waals surface area contributed by atoms with E-state index in [1.165, 1.54) is 4.88 Å². The van der Waals surface area contributed by atoms with Gasteiger partial charge in [-0.1, -0.05) is 37.0 Å². The fourth-order valence-electron chi connectivity index (χ4n) is 1.48. The van der Waals surface area contributed by atoms with Crippen LogP contribution in [-0.2, 0) is 6.54 Å². The number of nitrogens with one attached hydrogen (secondary N) is 1. The molecular weight excluding hydrogens is 287 g/mol. The summed E-state index contributed by atoms with van der Waals surface area (Å²) in [6, 6.07) is 5.89. The number of thiazole rings is 1. The molecular formula is C13H14Cl2N2S. The highest BCUT2D eigenvalue weighted by atomic mass is 35.5. The zero-order valence-electron chi connectivity index (χ0n) is 10.2. The summed E-state index contributed by atoms with van der Waals surface area (Å²) in [6.45, 7) is 5.07. The Labute approximate surface area is 121 Å². The van der Waals surface area contributed by atoms with Gasteiger partial charge in [0.2, 0.25) is 0 Å². The molecule has 0 saturated heterocycles. The Morgan fingerprint density at radius 1 is 1.33 bits per heavy atom. The third kappa shape index (κ3) is 3.45. The summed E-state index contributed by atoms with van der Waals surface area (Å²) in [5.74, 6) is 0. The molecule has 1 aromatic heterocycles. The van der Waals surface area contributed by atoms with E-state index < -0.39 is 0 Å². The zero-order chi connectivity index (χ0) is 13.1. The Kier molecular flexibility index (Phi) is 4.62. The summed E-state index contributed by atoms with van der Waals surface area (Å²) < 4.78 is 0. The third-order valence-corrected chi connectivity index (χ3v) is 3.99. The van der Waals surface area contributed by atoms with Crippen LogP contribution in [0.4, 0.5) is 0 Å². The number of aromatic nitrogens is 1. The minimum Gasteiger partial charge on any atom is -0.310 e. The second-order valence-electron chi connectivity index (χ2n) is 4.29. The van der Waals surface area contributed by atoms with E-state index in [4.69, 9.17) is 23.2 Å². The maximum atomic E-state index is 6.16. The lowest BCUT2D eigenvalue weighted by atomic mass is 10.2. The van der Waals surface area contributed by atoms with E-state index >= 15 is 0 Å². The highest BCUT2D eigenvalue weighted by Gasteiger charge is 2.09. The van der Waals surface area contributed by atoms with Gasteiger partial charge in [-0.2, -0.15) is 0 Å². The monoisotopic (exact) mass is 300 g/mol. The predicted octanol–water partition coefficient (Wildman–Crippen LogP) is 4.61. The molecule has 0 amide bonds. The van der Waals surface area contributed by atoms with Crippen molar-refractivity contribution in [2.24, 2.45) is 0 Å². The molecule has 96 valence electrons. The lowest BCUT2D eigenvalue weighted by molar-refractivity contribution is 0.593. The molecule has 0 aliphatic heterocycles. The van der Waals surface area contributed by atoms with Gasteiger partial charge in [0.25, 0.3) is 0 Å². The third-order valence-electron chi connectivity index (χ3n) is 2.40. The number of benzene rings is 1. The van der Waals surface area contributed by atoms with Crippen molar-refractivity contribution in [1.29, 1.82) is 0 Å². The second-order valence-corrected chi connectivity index (χ2v) is 6.25. The molecule has 1 N–H and O–H groups in total. The molecule has 2 aromatic rings. The first-order chi connectivity index (χ1) is 8.56. The normalized spacial score (nSPS) is 11.2. The minimum atomic E-state index is 0.463. The summed E-state index contributed by atoms with van der Waals surface area (Å²) in [7, 11) is 0. The summed E-state index contributed by atoms with van der Waals surface area (Å²) in [5, 5.41) is 5.62. The SMILES string of the molecule is CC(C)NCc1cnc(-c2cc(Cl)ccc2Cl)s1. The van der Waals surface area contributed by atoms with Crippen molar-refractivity contribution >= 4 is 34.5 Å². The Bertz CT molecular complexity index is 538. The van der Waals surface area contributed by atoms with Gasteiger partial charge in [-0.15, -0.1) is 11.3 Å². The maximum absolute atomic E-state index is 6.16. The van der Waals surface area contributed by atoms with Crippen molar-refractivity contribution in [3.63, 3.8) is 0 Å². The van der Waals surface area contributed by atoms with E-state index in [9.17, 15) is 0 Å². The molecule has 0 atom stereocenters. The molecule has 2 nitrogen and oxygen atoms in total. The molecule has 1 heterocycles. The predicted molar refractivity (Wildman–Crippen MR) is 79.5 cm³/mol. The van der Waals surface area contributed by atoms with Gasteiger partial charge >= 0.3 is 0 Å². The van der Waals surface area contributed by atoms with Crippen LogP contribution in [0.1, 0.15) is 18.7 Å². The quantitative estimate of drug-likeness (QED) is 0.891. The summed E-state index contributed by atoms with van der Waals surface area (Å²) >= 11 is 13.8. The summed E-state index contributed by atoms with van der Waals surface area (Å²) in [5.41, 5.74) is 0.893. The highest BCUT2D eigenvalue weighted by molar-refractivity contribution is 7.15. The summed E-state index contributed by atoms with van der Waals surface area (Å²) in [6.07, 6.45) is 1.88. The van der Waals surface area contributed by atoms with Crippen LogP contribution in [0.3, 0.4) is 0 Å². The fraction of sp³-hybridized carbons (Fsp3) is 0.308. The van der Waals surface area contributed by atoms with Gasteiger partial charge in [-0.25, -0.2) is 4.98 Å². The van der Waals surface area contributed by atoms with Crippen molar-refractivity contribution in [3.05, 3.63) is 39.3 Å². The molecule has 0 bridgehead atoms. The topological polar surface area (TPSA) is 24.9 Å². The Morgan fingerprint density at radius 3 is 2.83 bits per heavy atom. The van der Waals surface area contributed by atoms with Crippen LogP contribution >= 0.6 is 34.5 Å². The van der Waals surface area contributed by atoms with Gasteiger partial charge in [-0.05, 0) is 18.2 Å². The lowest BCUT2D eigenvalue weighted by Gasteiger charge is -2.04. The molecule has 0 aliphatic rings. The van der Waals surface area contributed by atoms with Crippen molar-refractivity contribution in [2.75, 3.05) is 0 Å². The van der Waals surface area contributed by atoms with Gasteiger partial charge in [0, 0.05) is 34.2 Å². The van der Waals surface area contributed by atoms with Crippen LogP contribution in [-0.4, -0.2) is 11.0 Å². The van der Waals surface area contributed by atoms with Crippen molar-refractivity contribution < 1.29 is 0 Å². The molecule has 0 radical (unpaired) electrons. The van der Waals surface area contributed by atoms with Crippen molar-refractivity contribution in [2.45, 2.75) is 26.4 Å². The van der Waals surface area contributed by atoms with E-state index in [2.05, 4.69) is 24.1 Å². The molecule has 0 aliphatic carbocycles. The van der Waals surface area contributed by atoms with Gasteiger partial charge in [-0.3, -0.25) is 0 Å². The molecule has 5 heteroatoms. The molecule has 0 spiro atoms. The minimum absolute atomic E-state index is 0.463. The highest BCUT2D eigenvalue weighted by Crippen LogP contribution is 2.33. The van der Waals surface area contributed by atoms with E-state index in [1.54, 1.807) is 23.5 Å². The fourth-order valence-corrected chi connectivity index (χ4v) is 2.81. The van der Waals surface area contributed by atoms with Crippen molar-refractivity contribution in [1.82, 2.24) is 10.3 Å². The molecule has 0 saturated carbocycles. The van der Waals surface area contributed by atoms with Gasteiger partial charge in [0.1, 0.15) is 5.01 Å². The number of hydrogen-bond donors (Lipinski definition) is 1. The van der Waals surface area contributed by atoms with Gasteiger partial charge < -0.3 is 5.32 Å². The average Bonchev–Trinajstić information content (AvgIpc) is 2.78. The van der Waals surface area contributed by atoms with Crippen LogP contribution in [0.2, 0.25) is 10.0 Å². The first kappa shape index (κ1) is 13.8. The number of halogens is 2. The van der Waals surface area contributed by atoms with Gasteiger partial charge in [0.15, 0.2) is 0 Å². The van der Waals surface area contributed by atoms with E-state index in [0.717, 1.165) is 17.1 Å². The number of rotatable bonds is 4. The van der Waals surface area contributed by atoms with Crippen LogP contribution in [0, 0.1) is 0 Å². The van der Waals surface area contributed by atoms with Crippen LogP contribution in [0.25, 0.3) is 10.6 Å². The van der Waals surface area contributed by atoms with E-state index in [0.29, 0.717) is 16.1 Å². The Morgan fingerprint density at radius 2 is 2.11 bits per heavy atom. The molecule has 2 rings (SSSR count). The van der Waals surface area contributed by atoms with Crippen LogP contribution < -0.4 is 5.32 Å². The van der Waals surface area contributed by atoms with Gasteiger partial charge in [0.05, 0.1) is 5.02 Å². The smallest absolute Gasteiger partial charge is 0.125 e. The molecule has 18 heavy (non-hydrogen) atoms. The Hall–Kier alpha value is -0.610. The summed E-state index contributed by atoms with van der Waals surface area (Å²) in [4.78, 5) is 5.59. The van der Waals surface area contributed by atoms with E-state index in [1.807, 2.05) is 12.3 Å². The maximum Gasteiger partial charge on any atom is 0.125 e. The average molecular weight is 301 g/mol. The molecule has 0 fully saturated rings. The lowest BCUT2D eigenvalue weighted by Crippen LogP contribution is -2.21. The first-order valence-corrected chi connectivity index (χ1v) is 7.27. The second kappa shape index (κ2) is 6.02. The van der Waals surface area contributed by atoms with Crippen LogP contribution in [0.5, 0.6) is 0 Å². The largest absolute Gasteiger partial charge is 0.310 e. The molecule has 0 unspecified atom stereocenters. The first-order valence-electron chi connectivity index (χ1n) is 5.70. The van der Waals surface area contributed by atoms with Crippen molar-refractivity contribution in [3.8, 4) is 10.6 Å². The molecule has 1 aromatic carbocycles. The Balaban J connectivity index is 2.21. The van der Waals surface area contributed by atoms with E-state index in [-0.39, 0.29) is 0 Å².